The number of nitrogens with zero attached hydrogens (tertiary/aromatic N) is 3. The molecule has 6 heteroatoms. The van der Waals surface area contributed by atoms with Crippen LogP contribution in [0.5, 0.6) is 0 Å². The van der Waals surface area contributed by atoms with Gasteiger partial charge in [0.1, 0.15) is 5.69 Å². The molecule has 2 aromatic rings. The Bertz CT molecular complexity index is 792. The van der Waals surface area contributed by atoms with Gasteiger partial charge in [-0.15, -0.1) is 0 Å². The van der Waals surface area contributed by atoms with E-state index in [1.807, 2.05) is 32.0 Å². The van der Waals surface area contributed by atoms with Crippen LogP contribution in [-0.2, 0) is 17.8 Å². The molecule has 0 radical (unpaired) electrons. The predicted molar refractivity (Wildman–Crippen MR) is 116 cm³/mol. The number of nitrogens with one attached hydrogen (secondary N) is 1. The Hall–Kier alpha value is -2.18. The predicted octanol–water partition coefficient (Wildman–Crippen LogP) is 4.24. The van der Waals surface area contributed by atoms with Crippen LogP contribution in [0.3, 0.4) is 0 Å². The number of benzene rings is 1. The van der Waals surface area contributed by atoms with Crippen LogP contribution in [-0.4, -0.2) is 45.9 Å². The summed E-state index contributed by atoms with van der Waals surface area (Å²) >= 11 is 0. The molecule has 1 N–H and O–H groups in total. The molecule has 1 aromatic carbocycles. The molecule has 1 aliphatic rings. The molecular formula is C23H34N4O2. The Morgan fingerprint density at radius 1 is 1.31 bits per heavy atom. The van der Waals surface area contributed by atoms with Crippen molar-refractivity contribution in [1.29, 1.82) is 0 Å². The van der Waals surface area contributed by atoms with Gasteiger partial charge in [-0.25, -0.2) is 0 Å². The van der Waals surface area contributed by atoms with Gasteiger partial charge < -0.3 is 10.1 Å². The van der Waals surface area contributed by atoms with E-state index in [2.05, 4.69) is 41.3 Å². The fourth-order valence-electron chi connectivity index (χ4n) is 3.76. The Morgan fingerprint density at radius 2 is 2.07 bits per heavy atom. The van der Waals surface area contributed by atoms with E-state index in [1.165, 1.54) is 18.4 Å². The highest BCUT2D eigenvalue weighted by atomic mass is 16.5. The Morgan fingerprint density at radius 3 is 2.69 bits per heavy atom. The lowest BCUT2D eigenvalue weighted by Crippen LogP contribution is -2.39. The van der Waals surface area contributed by atoms with Crippen LogP contribution in [0.2, 0.25) is 0 Å². The molecule has 1 aliphatic heterocycles. The van der Waals surface area contributed by atoms with E-state index in [1.54, 1.807) is 4.68 Å². The number of aromatic nitrogens is 2. The molecule has 29 heavy (non-hydrogen) atoms. The first-order valence-corrected chi connectivity index (χ1v) is 10.8. The van der Waals surface area contributed by atoms with Gasteiger partial charge in [0.25, 0.3) is 5.91 Å². The number of hydrogen-bond acceptors (Lipinski definition) is 4. The van der Waals surface area contributed by atoms with Gasteiger partial charge in [-0.05, 0) is 70.7 Å². The van der Waals surface area contributed by atoms with Crippen molar-refractivity contribution in [3.63, 3.8) is 0 Å². The molecule has 3 rings (SSSR count). The van der Waals surface area contributed by atoms with Crippen molar-refractivity contribution in [3.8, 4) is 0 Å². The number of ether oxygens (including phenoxy) is 1. The van der Waals surface area contributed by atoms with Gasteiger partial charge in [0, 0.05) is 38.0 Å². The molecule has 1 saturated heterocycles. The molecular weight excluding hydrogens is 364 g/mol. The normalized spacial score (nSPS) is 17.1. The number of aryl methyl sites for hydroxylation is 2. The molecule has 1 fully saturated rings. The molecule has 158 valence electrons. The summed E-state index contributed by atoms with van der Waals surface area (Å²) in [6.45, 7) is 11.8. The van der Waals surface area contributed by atoms with E-state index in [0.29, 0.717) is 24.4 Å². The van der Waals surface area contributed by atoms with E-state index in [0.717, 1.165) is 37.5 Å². The van der Waals surface area contributed by atoms with Crippen molar-refractivity contribution in [2.45, 2.75) is 72.2 Å². The van der Waals surface area contributed by atoms with Crippen LogP contribution in [0.1, 0.15) is 61.8 Å². The smallest absolute Gasteiger partial charge is 0.273 e. The van der Waals surface area contributed by atoms with Gasteiger partial charge in [-0.1, -0.05) is 12.1 Å². The summed E-state index contributed by atoms with van der Waals surface area (Å²) in [6.07, 6.45) is 3.95. The zero-order chi connectivity index (χ0) is 20.8. The summed E-state index contributed by atoms with van der Waals surface area (Å²) in [5.41, 5.74) is 3.48. The van der Waals surface area contributed by atoms with Crippen LogP contribution in [0.4, 0.5) is 5.69 Å². The maximum Gasteiger partial charge on any atom is 0.273 e. The first-order valence-electron chi connectivity index (χ1n) is 10.8. The molecule has 6 nitrogen and oxygen atoms in total. The van der Waals surface area contributed by atoms with Gasteiger partial charge in [-0.2, -0.15) is 5.10 Å². The van der Waals surface area contributed by atoms with Crippen molar-refractivity contribution in [2.75, 3.05) is 18.5 Å². The number of carbonyl (C=O) groups is 1. The van der Waals surface area contributed by atoms with Crippen molar-refractivity contribution in [1.82, 2.24) is 14.7 Å². The third-order valence-electron chi connectivity index (χ3n) is 5.47. The highest BCUT2D eigenvalue weighted by Crippen LogP contribution is 2.18. The summed E-state index contributed by atoms with van der Waals surface area (Å²) in [5.74, 6) is -0.126. The van der Waals surface area contributed by atoms with E-state index in [9.17, 15) is 4.79 Å². The fraction of sp³-hybridized carbons (Fsp3) is 0.565. The van der Waals surface area contributed by atoms with Crippen LogP contribution in [0, 0.1) is 6.92 Å². The third-order valence-corrected chi connectivity index (χ3v) is 5.47. The molecule has 0 aliphatic carbocycles. The molecule has 0 spiro atoms. The summed E-state index contributed by atoms with van der Waals surface area (Å²) in [7, 11) is 0. The monoisotopic (exact) mass is 398 g/mol. The van der Waals surface area contributed by atoms with Crippen molar-refractivity contribution >= 4 is 11.6 Å². The van der Waals surface area contributed by atoms with E-state index < -0.39 is 0 Å². The number of carbonyl (C=O) groups excluding carboxylic acids is 1. The minimum atomic E-state index is -0.126. The Labute approximate surface area is 174 Å². The average Bonchev–Trinajstić information content (AvgIpc) is 3.10. The Kier molecular flexibility index (Phi) is 7.45. The minimum absolute atomic E-state index is 0.126. The van der Waals surface area contributed by atoms with E-state index in [-0.39, 0.29) is 5.91 Å². The molecule has 0 bridgehead atoms. The van der Waals surface area contributed by atoms with Crippen molar-refractivity contribution in [3.05, 3.63) is 47.3 Å². The third kappa shape index (κ3) is 5.90. The molecule has 1 atom stereocenters. The largest absolute Gasteiger partial charge is 0.377 e. The average molecular weight is 399 g/mol. The number of amides is 1. The first-order chi connectivity index (χ1) is 14.0. The zero-order valence-electron chi connectivity index (χ0n) is 18.1. The quantitative estimate of drug-likeness (QED) is 0.722. The SMILES string of the molecule is CCn1nc(C)cc1C(=O)Nc1ccc(CN(C[C@@H]2CCCCO2)C(C)C)cc1. The van der Waals surface area contributed by atoms with Gasteiger partial charge in [0.15, 0.2) is 0 Å². The summed E-state index contributed by atoms with van der Waals surface area (Å²) < 4.78 is 7.65. The van der Waals surface area contributed by atoms with Crippen molar-refractivity contribution in [2.24, 2.45) is 0 Å². The second-order valence-corrected chi connectivity index (χ2v) is 8.15. The van der Waals surface area contributed by atoms with Gasteiger partial charge in [0.2, 0.25) is 0 Å². The zero-order valence-corrected chi connectivity index (χ0v) is 18.1. The van der Waals surface area contributed by atoms with Crippen LogP contribution >= 0.6 is 0 Å². The maximum absolute atomic E-state index is 12.6. The summed E-state index contributed by atoms with van der Waals surface area (Å²) in [5, 5.41) is 7.32. The second-order valence-electron chi connectivity index (χ2n) is 8.15. The van der Waals surface area contributed by atoms with E-state index >= 15 is 0 Å². The molecule has 1 amide bonds. The van der Waals surface area contributed by atoms with Crippen LogP contribution < -0.4 is 5.32 Å². The molecule has 2 heterocycles. The standard InChI is InChI=1S/C23H34N4O2/c1-5-27-22(14-18(4)25-27)23(28)24-20-11-9-19(10-12-20)15-26(17(2)3)16-21-8-6-7-13-29-21/h9-12,14,17,21H,5-8,13,15-16H2,1-4H3,(H,24,28)/t21-/m0/s1. The number of anilines is 1. The van der Waals surface area contributed by atoms with E-state index in [4.69, 9.17) is 4.74 Å². The van der Waals surface area contributed by atoms with Gasteiger partial charge in [0.05, 0.1) is 11.8 Å². The minimum Gasteiger partial charge on any atom is -0.377 e. The summed E-state index contributed by atoms with van der Waals surface area (Å²) in [4.78, 5) is 15.1. The molecule has 0 unspecified atom stereocenters. The second kappa shape index (κ2) is 10.0. The maximum atomic E-state index is 12.6. The van der Waals surface area contributed by atoms with Crippen LogP contribution in [0.25, 0.3) is 0 Å². The topological polar surface area (TPSA) is 59.4 Å². The number of rotatable bonds is 8. The Balaban J connectivity index is 1.60. The fourth-order valence-corrected chi connectivity index (χ4v) is 3.76. The van der Waals surface area contributed by atoms with Crippen LogP contribution in [0.15, 0.2) is 30.3 Å². The van der Waals surface area contributed by atoms with Crippen molar-refractivity contribution < 1.29 is 9.53 Å². The highest BCUT2D eigenvalue weighted by molar-refractivity contribution is 6.03. The lowest BCUT2D eigenvalue weighted by molar-refractivity contribution is -0.0129. The lowest BCUT2D eigenvalue weighted by atomic mass is 10.1. The molecule has 1 aromatic heterocycles. The number of hydrogen-bond donors (Lipinski definition) is 1. The highest BCUT2D eigenvalue weighted by Gasteiger charge is 2.20. The first kappa shape index (κ1) is 21.5. The van der Waals surface area contributed by atoms with Gasteiger partial charge in [-0.3, -0.25) is 14.4 Å². The molecule has 0 saturated carbocycles. The summed E-state index contributed by atoms with van der Waals surface area (Å²) in [6, 6.07) is 10.4. The lowest BCUT2D eigenvalue weighted by Gasteiger charge is -2.32. The van der Waals surface area contributed by atoms with Gasteiger partial charge >= 0.3 is 0 Å².